The molecule has 0 atom stereocenters. The summed E-state index contributed by atoms with van der Waals surface area (Å²) >= 11 is 0. The second-order valence-corrected chi connectivity index (χ2v) is 1.54. The van der Waals surface area contributed by atoms with Gasteiger partial charge < -0.3 is 6.26 Å². The second-order valence-electron chi connectivity index (χ2n) is 1.54. The molecule has 1 saturated heterocycles. The van der Waals surface area contributed by atoms with Crippen LogP contribution in [-0.2, 0) is 9.63 Å². The van der Waals surface area contributed by atoms with E-state index in [0.29, 0.717) is 0 Å². The monoisotopic (exact) mass is 137 g/mol. The number of nitrogens with zero attached hydrogens (tertiary/aromatic N) is 1. The van der Waals surface area contributed by atoms with E-state index >= 15 is 0 Å². The van der Waals surface area contributed by atoms with Gasteiger partial charge in [-0.05, 0) is 0 Å². The molecule has 0 N–H and O–H groups in total. The van der Waals surface area contributed by atoms with Crippen LogP contribution in [0.5, 0.6) is 0 Å². The van der Waals surface area contributed by atoms with Crippen molar-refractivity contribution >= 4 is 5.97 Å². The SMILES string of the molecule is C=CC(=O)ON1CC1.[H-].[Na+]. The van der Waals surface area contributed by atoms with E-state index in [9.17, 15) is 4.79 Å². The fourth-order valence-corrected chi connectivity index (χ4v) is 0.297. The molecule has 46 valence electrons. The third-order valence-corrected chi connectivity index (χ3v) is 0.792. The molecule has 0 aliphatic carbocycles. The molecule has 4 heteroatoms. The smallest absolute Gasteiger partial charge is 1.00 e. The fourth-order valence-electron chi connectivity index (χ4n) is 0.297. The van der Waals surface area contributed by atoms with E-state index in [0.717, 1.165) is 19.2 Å². The maximum absolute atomic E-state index is 10.3. The van der Waals surface area contributed by atoms with Gasteiger partial charge in [0.25, 0.3) is 0 Å². The summed E-state index contributed by atoms with van der Waals surface area (Å²) in [6.07, 6.45) is 1.15. The minimum absolute atomic E-state index is 0. The minimum Gasteiger partial charge on any atom is -1.00 e. The van der Waals surface area contributed by atoms with Crippen LogP contribution in [-0.4, -0.2) is 24.1 Å². The van der Waals surface area contributed by atoms with E-state index in [2.05, 4.69) is 11.4 Å². The molecule has 1 heterocycles. The fraction of sp³-hybridized carbons (Fsp3) is 0.400. The van der Waals surface area contributed by atoms with Gasteiger partial charge >= 0.3 is 35.5 Å². The number of rotatable bonds is 2. The summed E-state index contributed by atoms with van der Waals surface area (Å²) in [5, 5.41) is 1.56. The first-order chi connectivity index (χ1) is 3.83. The summed E-state index contributed by atoms with van der Waals surface area (Å²) in [6, 6.07) is 0. The summed E-state index contributed by atoms with van der Waals surface area (Å²) in [5.74, 6) is -0.373. The van der Waals surface area contributed by atoms with Crippen LogP contribution in [0.25, 0.3) is 0 Å². The van der Waals surface area contributed by atoms with Crippen LogP contribution in [0.1, 0.15) is 1.43 Å². The molecule has 1 fully saturated rings. The van der Waals surface area contributed by atoms with Crippen LogP contribution >= 0.6 is 0 Å². The number of hydrogen-bond donors (Lipinski definition) is 0. The molecule has 0 spiro atoms. The maximum Gasteiger partial charge on any atom is 1.00 e. The molecule has 0 bridgehead atoms. The average Bonchev–Trinajstić information content (AvgIpc) is 2.50. The van der Waals surface area contributed by atoms with E-state index < -0.39 is 0 Å². The third kappa shape index (κ3) is 3.70. The van der Waals surface area contributed by atoms with Crippen molar-refractivity contribution in [2.45, 2.75) is 0 Å². The molecule has 1 aliphatic rings. The number of hydroxylamine groups is 2. The molecule has 0 unspecified atom stereocenters. The number of carbonyl (C=O) groups excluding carboxylic acids is 1. The standard InChI is InChI=1S/C5H7NO2.Na.H/c1-2-5(7)8-6-3-4-6;;/h2H,1,3-4H2;;/q;+1;-1. The normalized spacial score (nSPS) is 15.6. The van der Waals surface area contributed by atoms with Gasteiger partial charge in [-0.25, -0.2) is 4.79 Å². The van der Waals surface area contributed by atoms with Crippen molar-refractivity contribution in [2.75, 3.05) is 13.1 Å². The molecule has 3 nitrogen and oxygen atoms in total. The van der Waals surface area contributed by atoms with Crippen molar-refractivity contribution in [2.24, 2.45) is 0 Å². The molecule has 0 radical (unpaired) electrons. The Morgan fingerprint density at radius 1 is 1.78 bits per heavy atom. The van der Waals surface area contributed by atoms with Crippen molar-refractivity contribution in [1.82, 2.24) is 5.06 Å². The first-order valence-electron chi connectivity index (χ1n) is 2.42. The van der Waals surface area contributed by atoms with E-state index in [1.165, 1.54) is 0 Å². The molecule has 1 aliphatic heterocycles. The molecular weight excluding hydrogens is 129 g/mol. The Bertz CT molecular complexity index is 127. The maximum atomic E-state index is 10.3. The van der Waals surface area contributed by atoms with E-state index in [-0.39, 0.29) is 37.0 Å². The largest absolute Gasteiger partial charge is 1.00 e. The molecule has 9 heavy (non-hydrogen) atoms. The van der Waals surface area contributed by atoms with Gasteiger partial charge in [-0.3, -0.25) is 0 Å². The first kappa shape index (κ1) is 9.17. The van der Waals surface area contributed by atoms with Gasteiger partial charge in [0.1, 0.15) is 0 Å². The van der Waals surface area contributed by atoms with Gasteiger partial charge in [0.05, 0.1) is 13.1 Å². The van der Waals surface area contributed by atoms with Crippen molar-refractivity contribution < 1.29 is 40.6 Å². The van der Waals surface area contributed by atoms with E-state index in [1.807, 2.05) is 0 Å². The van der Waals surface area contributed by atoms with Crippen molar-refractivity contribution in [3.8, 4) is 0 Å². The topological polar surface area (TPSA) is 29.3 Å². The van der Waals surface area contributed by atoms with Crippen LogP contribution < -0.4 is 29.6 Å². The zero-order valence-electron chi connectivity index (χ0n) is 6.46. The molecule has 1 rings (SSSR count). The van der Waals surface area contributed by atoms with Gasteiger partial charge in [0.2, 0.25) is 0 Å². The van der Waals surface area contributed by atoms with Crippen molar-refractivity contribution in [3.05, 3.63) is 12.7 Å². The number of hydrogen-bond acceptors (Lipinski definition) is 3. The molecule has 0 saturated carbocycles. The zero-order valence-corrected chi connectivity index (χ0v) is 7.46. The zero-order chi connectivity index (χ0) is 5.98. The Labute approximate surface area is 77.4 Å². The Balaban J connectivity index is 0. The molecule has 0 aromatic carbocycles. The van der Waals surface area contributed by atoms with Crippen LogP contribution in [0.2, 0.25) is 0 Å². The predicted octanol–water partition coefficient (Wildman–Crippen LogP) is -2.94. The summed E-state index contributed by atoms with van der Waals surface area (Å²) in [7, 11) is 0. The van der Waals surface area contributed by atoms with E-state index in [4.69, 9.17) is 0 Å². The van der Waals surface area contributed by atoms with Crippen molar-refractivity contribution in [3.63, 3.8) is 0 Å². The van der Waals surface area contributed by atoms with Crippen LogP contribution in [0.3, 0.4) is 0 Å². The Kier molecular flexibility index (Phi) is 4.14. The van der Waals surface area contributed by atoms with E-state index in [1.54, 1.807) is 5.06 Å². The molecule has 0 amide bonds. The van der Waals surface area contributed by atoms with Gasteiger partial charge in [0, 0.05) is 6.08 Å². The summed E-state index contributed by atoms with van der Waals surface area (Å²) in [5.41, 5.74) is 0. The van der Waals surface area contributed by atoms with Gasteiger partial charge in [-0.2, -0.15) is 0 Å². The van der Waals surface area contributed by atoms with Gasteiger partial charge in [0.15, 0.2) is 0 Å². The Morgan fingerprint density at radius 2 is 2.33 bits per heavy atom. The second kappa shape index (κ2) is 4.06. The van der Waals surface area contributed by atoms with Gasteiger partial charge in [-0.15, -0.1) is 5.06 Å². The van der Waals surface area contributed by atoms with Crippen LogP contribution in [0.15, 0.2) is 12.7 Å². The molecular formula is C5H8NNaO2. The Morgan fingerprint density at radius 3 is 2.67 bits per heavy atom. The van der Waals surface area contributed by atoms with Crippen LogP contribution in [0.4, 0.5) is 0 Å². The quantitative estimate of drug-likeness (QED) is 0.232. The summed E-state index contributed by atoms with van der Waals surface area (Å²) in [4.78, 5) is 14.9. The average molecular weight is 137 g/mol. The van der Waals surface area contributed by atoms with Gasteiger partial charge in [-0.1, -0.05) is 6.58 Å². The van der Waals surface area contributed by atoms with Crippen molar-refractivity contribution in [1.29, 1.82) is 0 Å². The first-order valence-corrected chi connectivity index (χ1v) is 2.42. The predicted molar refractivity (Wildman–Crippen MR) is 29.0 cm³/mol. The summed E-state index contributed by atoms with van der Waals surface area (Å²) in [6.45, 7) is 4.96. The number of carbonyl (C=O) groups is 1. The third-order valence-electron chi connectivity index (χ3n) is 0.792. The minimum atomic E-state index is -0.373. The summed E-state index contributed by atoms with van der Waals surface area (Å²) < 4.78 is 0. The Hall–Kier alpha value is 0.170. The van der Waals surface area contributed by atoms with Crippen LogP contribution in [0, 0.1) is 0 Å². The molecule has 0 aromatic rings. The molecule has 0 aromatic heterocycles.